The van der Waals surface area contributed by atoms with Crippen LogP contribution in [-0.4, -0.2) is 45.3 Å². The van der Waals surface area contributed by atoms with Crippen LogP contribution >= 0.6 is 0 Å². The highest BCUT2D eigenvalue weighted by Gasteiger charge is 2.32. The van der Waals surface area contributed by atoms with Gasteiger partial charge in [-0.15, -0.1) is 4.28 Å². The van der Waals surface area contributed by atoms with Crippen LogP contribution in [0.1, 0.15) is 12.5 Å². The molecule has 1 atom stereocenters. The quantitative estimate of drug-likeness (QED) is 0.417. The molecule has 1 rings (SSSR count). The third-order valence-corrected chi connectivity index (χ3v) is 3.20. The van der Waals surface area contributed by atoms with Crippen molar-refractivity contribution in [2.75, 3.05) is 19.9 Å². The molecule has 122 valence electrons. The largest absolute Gasteiger partial charge is 0.465 e. The zero-order valence-corrected chi connectivity index (χ0v) is 13.5. The molecule has 0 saturated carbocycles. The lowest BCUT2D eigenvalue weighted by atomic mass is 9.98. The summed E-state index contributed by atoms with van der Waals surface area (Å²) in [5.74, 6) is -2.68. The first kappa shape index (κ1) is 18.1. The third kappa shape index (κ3) is 5.82. The van der Waals surface area contributed by atoms with Crippen molar-refractivity contribution in [2.45, 2.75) is 13.3 Å². The van der Waals surface area contributed by atoms with Crippen LogP contribution in [-0.2, 0) is 35.1 Å². The Morgan fingerprint density at radius 1 is 1.23 bits per heavy atom. The van der Waals surface area contributed by atoms with Crippen LogP contribution in [0, 0.1) is 5.92 Å². The minimum absolute atomic E-state index is 0.0932. The molecule has 0 fully saturated rings. The number of hydrogen-bond acceptors (Lipinski definition) is 6. The monoisotopic (exact) mass is 329 g/mol. The summed E-state index contributed by atoms with van der Waals surface area (Å²) in [5.41, 5.74) is 0.752. The van der Waals surface area contributed by atoms with Gasteiger partial charge in [0.25, 0.3) is 16.0 Å². The number of benzene rings is 1. The van der Waals surface area contributed by atoms with E-state index in [1.54, 1.807) is 31.2 Å². The van der Waals surface area contributed by atoms with Gasteiger partial charge in [0.1, 0.15) is 5.92 Å². The zero-order valence-electron chi connectivity index (χ0n) is 12.7. The van der Waals surface area contributed by atoms with E-state index >= 15 is 0 Å². The fourth-order valence-electron chi connectivity index (χ4n) is 1.82. The summed E-state index contributed by atoms with van der Waals surface area (Å²) in [4.78, 5) is 24.3. The molecule has 0 N–H and O–H groups in total. The van der Waals surface area contributed by atoms with Gasteiger partial charge in [0.15, 0.2) is 0 Å². The van der Waals surface area contributed by atoms with Crippen LogP contribution < -0.4 is 0 Å². The first-order valence-electron chi connectivity index (χ1n) is 6.62. The maximum Gasteiger partial charge on any atom is 0.318 e. The van der Waals surface area contributed by atoms with Crippen molar-refractivity contribution in [3.05, 3.63) is 35.9 Å². The number of nitrogens with zero attached hydrogens (tertiary/aromatic N) is 1. The smallest absolute Gasteiger partial charge is 0.318 e. The molecule has 0 heterocycles. The fourth-order valence-corrected chi connectivity index (χ4v) is 2.30. The van der Waals surface area contributed by atoms with E-state index < -0.39 is 27.9 Å². The molecule has 0 aliphatic rings. The Hall–Kier alpha value is -1.93. The van der Waals surface area contributed by atoms with E-state index in [-0.39, 0.29) is 13.0 Å². The molecule has 0 aliphatic carbocycles. The second kappa shape index (κ2) is 7.90. The van der Waals surface area contributed by atoms with Gasteiger partial charge in [-0.25, -0.2) is 5.06 Å². The van der Waals surface area contributed by atoms with Crippen molar-refractivity contribution in [2.24, 2.45) is 5.92 Å². The summed E-state index contributed by atoms with van der Waals surface area (Å²) in [6.45, 7) is 1.74. The van der Waals surface area contributed by atoms with Crippen LogP contribution in [0.15, 0.2) is 30.3 Å². The van der Waals surface area contributed by atoms with Crippen LogP contribution in [0.4, 0.5) is 0 Å². The normalized spacial score (nSPS) is 12.5. The maximum absolute atomic E-state index is 12.3. The first-order valence-corrected chi connectivity index (χ1v) is 8.44. The molecule has 0 radical (unpaired) electrons. The lowest BCUT2D eigenvalue weighted by Crippen LogP contribution is -2.40. The number of ether oxygens (including phenoxy) is 1. The Morgan fingerprint density at radius 3 is 2.32 bits per heavy atom. The Labute approximate surface area is 129 Å². The van der Waals surface area contributed by atoms with Gasteiger partial charge in [-0.3, -0.25) is 9.59 Å². The Bertz CT molecular complexity index is 613. The molecule has 22 heavy (non-hydrogen) atoms. The van der Waals surface area contributed by atoms with Crippen LogP contribution in [0.5, 0.6) is 0 Å². The molecule has 0 bridgehead atoms. The summed E-state index contributed by atoms with van der Waals surface area (Å²) >= 11 is 0. The van der Waals surface area contributed by atoms with Gasteiger partial charge in [0, 0.05) is 7.05 Å². The predicted molar refractivity (Wildman–Crippen MR) is 79.0 cm³/mol. The summed E-state index contributed by atoms with van der Waals surface area (Å²) in [6.07, 6.45) is 0.906. The van der Waals surface area contributed by atoms with Crippen molar-refractivity contribution in [3.63, 3.8) is 0 Å². The average molecular weight is 329 g/mol. The topological polar surface area (TPSA) is 90.0 Å². The lowest BCUT2D eigenvalue weighted by molar-refractivity contribution is -0.166. The van der Waals surface area contributed by atoms with Crippen molar-refractivity contribution in [3.8, 4) is 0 Å². The lowest BCUT2D eigenvalue weighted by Gasteiger charge is -2.20. The highest BCUT2D eigenvalue weighted by atomic mass is 32.2. The number of amides is 1. The molecular weight excluding hydrogens is 310 g/mol. The molecule has 0 saturated heterocycles. The molecule has 0 aromatic heterocycles. The molecular formula is C14H19NO6S. The molecule has 1 unspecified atom stereocenters. The molecule has 0 aliphatic heterocycles. The predicted octanol–water partition coefficient (Wildman–Crippen LogP) is 0.758. The minimum atomic E-state index is -3.86. The highest BCUT2D eigenvalue weighted by Crippen LogP contribution is 2.14. The van der Waals surface area contributed by atoms with Crippen molar-refractivity contribution in [1.82, 2.24) is 5.06 Å². The first-order chi connectivity index (χ1) is 10.2. The van der Waals surface area contributed by atoms with Crippen molar-refractivity contribution >= 4 is 22.0 Å². The van der Waals surface area contributed by atoms with Crippen molar-refractivity contribution in [1.29, 1.82) is 0 Å². The molecule has 0 spiro atoms. The zero-order chi connectivity index (χ0) is 16.8. The van der Waals surface area contributed by atoms with Gasteiger partial charge in [0.2, 0.25) is 0 Å². The third-order valence-electron chi connectivity index (χ3n) is 2.71. The number of esters is 1. The van der Waals surface area contributed by atoms with Gasteiger partial charge >= 0.3 is 5.97 Å². The Morgan fingerprint density at radius 2 is 1.82 bits per heavy atom. The molecule has 8 heteroatoms. The van der Waals surface area contributed by atoms with Crippen molar-refractivity contribution < 1.29 is 27.0 Å². The van der Waals surface area contributed by atoms with E-state index in [2.05, 4.69) is 4.28 Å². The standard InChI is InChI=1S/C14H19NO6S/c1-4-20-14(17)12(10-11-8-6-5-7-9-11)13(16)15(2)21-22(3,18)19/h5-9,12H,4,10H2,1-3H3. The molecule has 1 aromatic rings. The average Bonchev–Trinajstić information content (AvgIpc) is 2.43. The van der Waals surface area contributed by atoms with E-state index in [0.29, 0.717) is 5.06 Å². The van der Waals surface area contributed by atoms with E-state index in [1.165, 1.54) is 0 Å². The van der Waals surface area contributed by atoms with E-state index in [1.807, 2.05) is 6.07 Å². The van der Waals surface area contributed by atoms with Crippen LogP contribution in [0.3, 0.4) is 0 Å². The fraction of sp³-hybridized carbons (Fsp3) is 0.429. The van der Waals surface area contributed by atoms with E-state index in [4.69, 9.17) is 4.74 Å². The second-order valence-electron chi connectivity index (χ2n) is 4.61. The molecule has 7 nitrogen and oxygen atoms in total. The number of carbonyl (C=O) groups excluding carboxylic acids is 2. The molecule has 1 amide bonds. The van der Waals surface area contributed by atoms with E-state index in [0.717, 1.165) is 18.9 Å². The van der Waals surface area contributed by atoms with Gasteiger partial charge < -0.3 is 4.74 Å². The molecule has 1 aromatic carbocycles. The maximum atomic E-state index is 12.3. The number of hydrogen-bond donors (Lipinski definition) is 0. The Kier molecular flexibility index (Phi) is 6.51. The summed E-state index contributed by atoms with van der Waals surface area (Å²) < 4.78 is 31.6. The second-order valence-corrected chi connectivity index (χ2v) is 6.17. The Balaban J connectivity index is 2.94. The highest BCUT2D eigenvalue weighted by molar-refractivity contribution is 7.85. The number of carbonyl (C=O) groups is 2. The van der Waals surface area contributed by atoms with Crippen LogP contribution in [0.2, 0.25) is 0 Å². The van der Waals surface area contributed by atoms with Gasteiger partial charge in [-0.1, -0.05) is 30.3 Å². The van der Waals surface area contributed by atoms with Gasteiger partial charge in [-0.2, -0.15) is 8.42 Å². The van der Waals surface area contributed by atoms with Gasteiger partial charge in [0.05, 0.1) is 12.9 Å². The van der Waals surface area contributed by atoms with E-state index in [9.17, 15) is 18.0 Å². The summed E-state index contributed by atoms with van der Waals surface area (Å²) in [6, 6.07) is 8.88. The number of rotatable bonds is 7. The number of hydroxylamine groups is 2. The SMILES string of the molecule is CCOC(=O)C(Cc1ccccc1)C(=O)N(C)OS(C)(=O)=O. The minimum Gasteiger partial charge on any atom is -0.465 e. The van der Waals surface area contributed by atoms with Gasteiger partial charge in [-0.05, 0) is 18.9 Å². The summed E-state index contributed by atoms with van der Waals surface area (Å²) in [5, 5.41) is 0.542. The van der Waals surface area contributed by atoms with Crippen LogP contribution in [0.25, 0.3) is 0 Å². The summed E-state index contributed by atoms with van der Waals surface area (Å²) in [7, 11) is -2.72.